The summed E-state index contributed by atoms with van der Waals surface area (Å²) in [5.74, 6) is -0.108. The molecule has 0 aliphatic rings. The van der Waals surface area contributed by atoms with Gasteiger partial charge in [-0.2, -0.15) is 0 Å². The number of carbonyl (C=O) groups excluding carboxylic acids is 1. The van der Waals surface area contributed by atoms with Gasteiger partial charge in [0.1, 0.15) is 0 Å². The first-order chi connectivity index (χ1) is 10.0. The first-order valence-corrected chi connectivity index (χ1v) is 7.83. The fourth-order valence-electron chi connectivity index (χ4n) is 2.19. The number of nitrogens with zero attached hydrogens (tertiary/aromatic N) is 1. The van der Waals surface area contributed by atoms with Crippen LogP contribution in [-0.2, 0) is 4.79 Å². The second kappa shape index (κ2) is 9.08. The van der Waals surface area contributed by atoms with Gasteiger partial charge < -0.3 is 10.0 Å². The minimum Gasteiger partial charge on any atom is -0.395 e. The molecule has 0 atom stereocenters. The monoisotopic (exact) mass is 329 g/mol. The largest absolute Gasteiger partial charge is 0.395 e. The van der Waals surface area contributed by atoms with E-state index in [-0.39, 0.29) is 18.6 Å². The Morgan fingerprint density at radius 3 is 2.48 bits per heavy atom. The van der Waals surface area contributed by atoms with Crippen molar-refractivity contribution in [1.29, 1.82) is 0 Å². The van der Waals surface area contributed by atoms with E-state index in [0.717, 1.165) is 18.4 Å². The van der Waals surface area contributed by atoms with Gasteiger partial charge in [0, 0.05) is 18.7 Å². The zero-order chi connectivity index (χ0) is 15.8. The number of hydrogen-bond donors (Lipinski definition) is 1. The standard InChI is InChI=1S/C16H21Cl2NO2/c1-3-13(4-2)19(9-10-20)16(21)8-6-12-5-7-14(17)15(18)11-12/h5-8,11,13,20H,3-4,9-10H2,1-2H3. The SMILES string of the molecule is CCC(CC)N(CCO)C(=O)C=Cc1ccc(Cl)c(Cl)c1. The average Bonchev–Trinajstić information content (AvgIpc) is 2.48. The van der Waals surface area contributed by atoms with Gasteiger partial charge in [-0.3, -0.25) is 4.79 Å². The number of aliphatic hydroxyl groups is 1. The molecule has 1 amide bonds. The van der Waals surface area contributed by atoms with Gasteiger partial charge >= 0.3 is 0 Å². The lowest BCUT2D eigenvalue weighted by Crippen LogP contribution is -2.40. The number of amides is 1. The van der Waals surface area contributed by atoms with Crippen LogP contribution in [0.4, 0.5) is 0 Å². The summed E-state index contributed by atoms with van der Waals surface area (Å²) < 4.78 is 0. The average molecular weight is 330 g/mol. The maximum absolute atomic E-state index is 12.3. The number of benzene rings is 1. The lowest BCUT2D eigenvalue weighted by molar-refractivity contribution is -0.128. The molecular weight excluding hydrogens is 309 g/mol. The van der Waals surface area contributed by atoms with Crippen LogP contribution >= 0.6 is 23.2 Å². The van der Waals surface area contributed by atoms with Crippen molar-refractivity contribution >= 4 is 35.2 Å². The van der Waals surface area contributed by atoms with Crippen molar-refractivity contribution in [2.24, 2.45) is 0 Å². The zero-order valence-corrected chi connectivity index (χ0v) is 13.9. The van der Waals surface area contributed by atoms with Gasteiger partial charge in [0.2, 0.25) is 5.91 Å². The van der Waals surface area contributed by atoms with Crippen LogP contribution in [0.15, 0.2) is 24.3 Å². The Morgan fingerprint density at radius 1 is 1.29 bits per heavy atom. The molecule has 1 rings (SSSR count). The highest BCUT2D eigenvalue weighted by atomic mass is 35.5. The molecule has 3 nitrogen and oxygen atoms in total. The van der Waals surface area contributed by atoms with Gasteiger partial charge in [-0.05, 0) is 36.6 Å². The van der Waals surface area contributed by atoms with E-state index < -0.39 is 0 Å². The summed E-state index contributed by atoms with van der Waals surface area (Å²) in [5.41, 5.74) is 0.811. The smallest absolute Gasteiger partial charge is 0.246 e. The molecule has 0 radical (unpaired) electrons. The number of carbonyl (C=O) groups is 1. The van der Waals surface area contributed by atoms with Gasteiger partial charge in [-0.25, -0.2) is 0 Å². The summed E-state index contributed by atoms with van der Waals surface area (Å²) >= 11 is 11.8. The van der Waals surface area contributed by atoms with Crippen molar-refractivity contribution in [3.8, 4) is 0 Å². The van der Waals surface area contributed by atoms with Gasteiger partial charge in [0.05, 0.1) is 16.7 Å². The van der Waals surface area contributed by atoms with E-state index in [2.05, 4.69) is 0 Å². The first-order valence-electron chi connectivity index (χ1n) is 7.08. The van der Waals surface area contributed by atoms with Crippen molar-refractivity contribution < 1.29 is 9.90 Å². The highest BCUT2D eigenvalue weighted by Gasteiger charge is 2.18. The Morgan fingerprint density at radius 2 is 1.95 bits per heavy atom. The molecule has 0 aliphatic heterocycles. The van der Waals surface area contributed by atoms with E-state index in [1.165, 1.54) is 6.08 Å². The molecule has 0 fully saturated rings. The Labute approximate surface area is 136 Å². The Bertz CT molecular complexity index is 499. The summed E-state index contributed by atoms with van der Waals surface area (Å²) in [5, 5.41) is 10.1. The topological polar surface area (TPSA) is 40.5 Å². The van der Waals surface area contributed by atoms with Crippen LogP contribution in [-0.4, -0.2) is 35.1 Å². The normalized spacial score (nSPS) is 11.3. The molecule has 0 aromatic heterocycles. The van der Waals surface area contributed by atoms with E-state index in [1.54, 1.807) is 29.2 Å². The molecular formula is C16H21Cl2NO2. The quantitative estimate of drug-likeness (QED) is 0.767. The summed E-state index contributed by atoms with van der Waals surface area (Å²) in [6.45, 7) is 4.38. The van der Waals surface area contributed by atoms with Crippen LogP contribution in [0.2, 0.25) is 10.0 Å². The molecule has 0 aliphatic carbocycles. The van der Waals surface area contributed by atoms with Gasteiger partial charge in [0.15, 0.2) is 0 Å². The van der Waals surface area contributed by atoms with Crippen molar-refractivity contribution in [3.05, 3.63) is 39.9 Å². The van der Waals surface area contributed by atoms with Crippen molar-refractivity contribution in [3.63, 3.8) is 0 Å². The lowest BCUT2D eigenvalue weighted by atomic mass is 10.1. The van der Waals surface area contributed by atoms with E-state index in [0.29, 0.717) is 16.6 Å². The van der Waals surface area contributed by atoms with Crippen LogP contribution in [0.3, 0.4) is 0 Å². The van der Waals surface area contributed by atoms with Crippen LogP contribution in [0.5, 0.6) is 0 Å². The molecule has 0 saturated carbocycles. The highest BCUT2D eigenvalue weighted by molar-refractivity contribution is 6.42. The maximum atomic E-state index is 12.3. The number of halogens is 2. The second-order valence-corrected chi connectivity index (χ2v) is 5.55. The molecule has 0 bridgehead atoms. The molecule has 1 aromatic rings. The molecule has 0 heterocycles. The first kappa shape index (κ1) is 18.0. The second-order valence-electron chi connectivity index (χ2n) is 4.73. The number of rotatable bonds is 7. The maximum Gasteiger partial charge on any atom is 0.246 e. The van der Waals surface area contributed by atoms with Crippen molar-refractivity contribution in [2.45, 2.75) is 32.7 Å². The van der Waals surface area contributed by atoms with E-state index in [4.69, 9.17) is 28.3 Å². The molecule has 0 unspecified atom stereocenters. The summed E-state index contributed by atoms with van der Waals surface area (Å²) in [4.78, 5) is 14.0. The fraction of sp³-hybridized carbons (Fsp3) is 0.438. The van der Waals surface area contributed by atoms with E-state index >= 15 is 0 Å². The molecule has 21 heavy (non-hydrogen) atoms. The predicted octanol–water partition coefficient (Wildman–Crippen LogP) is 4.02. The van der Waals surface area contributed by atoms with Crippen LogP contribution in [0.1, 0.15) is 32.3 Å². The third-order valence-corrected chi connectivity index (χ3v) is 4.11. The van der Waals surface area contributed by atoms with Crippen molar-refractivity contribution in [2.75, 3.05) is 13.2 Å². The van der Waals surface area contributed by atoms with Crippen LogP contribution in [0.25, 0.3) is 6.08 Å². The Balaban J connectivity index is 2.84. The summed E-state index contributed by atoms with van der Waals surface area (Å²) in [6.07, 6.45) is 4.94. The van der Waals surface area contributed by atoms with E-state index in [9.17, 15) is 4.79 Å². The fourth-order valence-corrected chi connectivity index (χ4v) is 2.50. The zero-order valence-electron chi connectivity index (χ0n) is 12.4. The minimum atomic E-state index is -0.108. The summed E-state index contributed by atoms with van der Waals surface area (Å²) in [6, 6.07) is 5.34. The molecule has 0 spiro atoms. The molecule has 5 heteroatoms. The third kappa shape index (κ3) is 5.34. The molecule has 116 valence electrons. The van der Waals surface area contributed by atoms with Crippen LogP contribution < -0.4 is 0 Å². The van der Waals surface area contributed by atoms with E-state index in [1.807, 2.05) is 13.8 Å². The van der Waals surface area contributed by atoms with Crippen LogP contribution in [0, 0.1) is 0 Å². The third-order valence-electron chi connectivity index (χ3n) is 3.37. The summed E-state index contributed by atoms with van der Waals surface area (Å²) in [7, 11) is 0. The highest BCUT2D eigenvalue weighted by Crippen LogP contribution is 2.23. The van der Waals surface area contributed by atoms with Gasteiger partial charge in [-0.15, -0.1) is 0 Å². The molecule has 0 saturated heterocycles. The predicted molar refractivity (Wildman–Crippen MR) is 88.7 cm³/mol. The molecule has 1 N–H and O–H groups in total. The Hall–Kier alpha value is -1.03. The van der Waals surface area contributed by atoms with Crippen molar-refractivity contribution in [1.82, 2.24) is 4.90 Å². The van der Waals surface area contributed by atoms with Gasteiger partial charge in [0.25, 0.3) is 0 Å². The number of aliphatic hydroxyl groups excluding tert-OH is 1. The number of hydrogen-bond acceptors (Lipinski definition) is 2. The van der Waals surface area contributed by atoms with Gasteiger partial charge in [-0.1, -0.05) is 43.1 Å². The lowest BCUT2D eigenvalue weighted by Gasteiger charge is -2.29. The molecule has 1 aromatic carbocycles. The minimum absolute atomic E-state index is 0.0388. The Kier molecular flexibility index (Phi) is 7.79.